The molecule has 1 aromatic rings. The summed E-state index contributed by atoms with van der Waals surface area (Å²) in [7, 11) is 0. The van der Waals surface area contributed by atoms with Gasteiger partial charge in [-0.25, -0.2) is 9.98 Å². The molecule has 1 aromatic heterocycles. The van der Waals surface area contributed by atoms with Crippen molar-refractivity contribution in [1.29, 1.82) is 0 Å². The van der Waals surface area contributed by atoms with Gasteiger partial charge in [0.15, 0.2) is 5.96 Å². The van der Waals surface area contributed by atoms with Crippen molar-refractivity contribution >= 4 is 41.3 Å². The molecule has 0 aromatic carbocycles. The van der Waals surface area contributed by atoms with E-state index in [1.807, 2.05) is 0 Å². The second-order valence-corrected chi connectivity index (χ2v) is 7.74. The zero-order chi connectivity index (χ0) is 17.4. The van der Waals surface area contributed by atoms with Gasteiger partial charge in [0.1, 0.15) is 0 Å². The quantitative estimate of drug-likeness (QED) is 0.356. The number of thiazole rings is 1. The standard InChI is InChI=1S/C18H33N5S.HI/c1-5-16-9-7-8-11-23(16)12-10-20-18(19-6-2)21-13-17-14(3)22-15(4)24-17;/h16H,5-13H2,1-4H3,(H2,19,20,21);1H. The second-order valence-electron chi connectivity index (χ2n) is 6.46. The summed E-state index contributed by atoms with van der Waals surface area (Å²) in [6.45, 7) is 13.4. The van der Waals surface area contributed by atoms with E-state index in [4.69, 9.17) is 4.99 Å². The molecule has 144 valence electrons. The zero-order valence-corrected chi connectivity index (χ0v) is 19.2. The Labute approximate surface area is 174 Å². The van der Waals surface area contributed by atoms with Gasteiger partial charge in [-0.15, -0.1) is 35.3 Å². The van der Waals surface area contributed by atoms with Crippen molar-refractivity contribution in [2.24, 2.45) is 4.99 Å². The summed E-state index contributed by atoms with van der Waals surface area (Å²) in [6, 6.07) is 0.767. The van der Waals surface area contributed by atoms with E-state index in [9.17, 15) is 0 Å². The van der Waals surface area contributed by atoms with Gasteiger partial charge in [0, 0.05) is 30.6 Å². The lowest BCUT2D eigenvalue weighted by Crippen LogP contribution is -2.45. The first kappa shape index (κ1) is 22.6. The van der Waals surface area contributed by atoms with Crippen molar-refractivity contribution in [3.8, 4) is 0 Å². The zero-order valence-electron chi connectivity index (χ0n) is 16.1. The molecule has 1 unspecified atom stereocenters. The van der Waals surface area contributed by atoms with Gasteiger partial charge < -0.3 is 10.6 Å². The minimum absolute atomic E-state index is 0. The summed E-state index contributed by atoms with van der Waals surface area (Å²) in [5.41, 5.74) is 1.11. The van der Waals surface area contributed by atoms with E-state index in [0.29, 0.717) is 6.54 Å². The molecule has 2 heterocycles. The van der Waals surface area contributed by atoms with Crippen molar-refractivity contribution < 1.29 is 0 Å². The van der Waals surface area contributed by atoms with Gasteiger partial charge in [-0.1, -0.05) is 13.3 Å². The Bertz CT molecular complexity index is 532. The molecule has 1 aliphatic heterocycles. The fourth-order valence-corrected chi connectivity index (χ4v) is 4.21. The minimum Gasteiger partial charge on any atom is -0.357 e. The van der Waals surface area contributed by atoms with E-state index in [1.165, 1.54) is 37.1 Å². The first-order valence-corrected chi connectivity index (χ1v) is 10.1. The number of rotatable bonds is 7. The van der Waals surface area contributed by atoms with Crippen LogP contribution in [-0.2, 0) is 6.54 Å². The van der Waals surface area contributed by atoms with Crippen molar-refractivity contribution in [2.75, 3.05) is 26.2 Å². The Morgan fingerprint density at radius 1 is 1.28 bits per heavy atom. The summed E-state index contributed by atoms with van der Waals surface area (Å²) < 4.78 is 0. The normalized spacial score (nSPS) is 18.7. The fraction of sp³-hybridized carbons (Fsp3) is 0.778. The predicted octanol–water partition coefficient (Wildman–Crippen LogP) is 3.70. The number of nitrogens with one attached hydrogen (secondary N) is 2. The van der Waals surface area contributed by atoms with E-state index in [-0.39, 0.29) is 24.0 Å². The van der Waals surface area contributed by atoms with Crippen LogP contribution in [0, 0.1) is 13.8 Å². The van der Waals surface area contributed by atoms with Crippen LogP contribution in [0.15, 0.2) is 4.99 Å². The van der Waals surface area contributed by atoms with E-state index >= 15 is 0 Å². The molecular weight excluding hydrogens is 445 g/mol. The molecule has 2 N–H and O–H groups in total. The lowest BCUT2D eigenvalue weighted by Gasteiger charge is -2.35. The summed E-state index contributed by atoms with van der Waals surface area (Å²) in [5.74, 6) is 0.910. The molecule has 0 spiro atoms. The molecular formula is C18H34IN5S. The van der Waals surface area contributed by atoms with Gasteiger partial charge in [0.2, 0.25) is 0 Å². The molecule has 5 nitrogen and oxygen atoms in total. The van der Waals surface area contributed by atoms with E-state index in [0.717, 1.165) is 42.3 Å². The molecule has 0 saturated carbocycles. The van der Waals surface area contributed by atoms with Crippen LogP contribution in [0.4, 0.5) is 0 Å². The van der Waals surface area contributed by atoms with Crippen molar-refractivity contribution in [2.45, 2.75) is 66.0 Å². The van der Waals surface area contributed by atoms with Crippen LogP contribution in [0.2, 0.25) is 0 Å². The van der Waals surface area contributed by atoms with Crippen molar-refractivity contribution in [3.05, 3.63) is 15.6 Å². The number of hydrogen-bond donors (Lipinski definition) is 2. The SMILES string of the molecule is CCNC(=NCc1sc(C)nc1C)NCCN1CCCCC1CC.I. The second kappa shape index (κ2) is 12.1. The van der Waals surface area contributed by atoms with E-state index < -0.39 is 0 Å². The number of piperidine rings is 1. The molecule has 2 rings (SSSR count). The number of halogens is 1. The lowest BCUT2D eigenvalue weighted by atomic mass is 10.0. The van der Waals surface area contributed by atoms with Gasteiger partial charge in [-0.05, 0) is 46.6 Å². The fourth-order valence-electron chi connectivity index (χ4n) is 3.35. The van der Waals surface area contributed by atoms with Gasteiger partial charge in [0.25, 0.3) is 0 Å². The number of guanidine groups is 1. The maximum atomic E-state index is 4.73. The molecule has 0 radical (unpaired) electrons. The van der Waals surface area contributed by atoms with Gasteiger partial charge in [-0.2, -0.15) is 0 Å². The minimum atomic E-state index is 0. The average molecular weight is 479 g/mol. The molecule has 1 atom stereocenters. The van der Waals surface area contributed by atoms with Crippen LogP contribution in [0.1, 0.15) is 55.1 Å². The molecule has 1 saturated heterocycles. The average Bonchev–Trinajstić information content (AvgIpc) is 2.90. The maximum absolute atomic E-state index is 4.73. The smallest absolute Gasteiger partial charge is 0.191 e. The summed E-state index contributed by atoms with van der Waals surface area (Å²) in [4.78, 5) is 13.1. The van der Waals surface area contributed by atoms with Crippen LogP contribution in [0.3, 0.4) is 0 Å². The molecule has 25 heavy (non-hydrogen) atoms. The molecule has 7 heteroatoms. The number of aliphatic imine (C=N–C) groups is 1. The molecule has 1 aliphatic rings. The largest absolute Gasteiger partial charge is 0.357 e. The van der Waals surface area contributed by atoms with Gasteiger partial charge in [-0.3, -0.25) is 4.90 Å². The molecule has 0 aliphatic carbocycles. The number of likely N-dealkylation sites (tertiary alicyclic amines) is 1. The van der Waals surface area contributed by atoms with Crippen molar-refractivity contribution in [3.63, 3.8) is 0 Å². The topological polar surface area (TPSA) is 52.6 Å². The number of hydrogen-bond acceptors (Lipinski definition) is 4. The van der Waals surface area contributed by atoms with Gasteiger partial charge >= 0.3 is 0 Å². The summed E-state index contributed by atoms with van der Waals surface area (Å²) in [5, 5.41) is 7.95. The summed E-state index contributed by atoms with van der Waals surface area (Å²) in [6.07, 6.45) is 5.35. The third-order valence-corrected chi connectivity index (χ3v) is 5.69. The van der Waals surface area contributed by atoms with Gasteiger partial charge in [0.05, 0.1) is 17.2 Å². The number of nitrogens with zero attached hydrogens (tertiary/aromatic N) is 3. The van der Waals surface area contributed by atoms with Crippen LogP contribution < -0.4 is 10.6 Å². The Morgan fingerprint density at radius 2 is 2.08 bits per heavy atom. The summed E-state index contributed by atoms with van der Waals surface area (Å²) >= 11 is 1.74. The highest BCUT2D eigenvalue weighted by Gasteiger charge is 2.19. The van der Waals surface area contributed by atoms with Crippen LogP contribution >= 0.6 is 35.3 Å². The first-order valence-electron chi connectivity index (χ1n) is 9.33. The van der Waals surface area contributed by atoms with Crippen LogP contribution in [-0.4, -0.2) is 48.1 Å². The Morgan fingerprint density at radius 3 is 2.72 bits per heavy atom. The lowest BCUT2D eigenvalue weighted by molar-refractivity contribution is 0.147. The van der Waals surface area contributed by atoms with Crippen LogP contribution in [0.5, 0.6) is 0 Å². The number of aromatic nitrogens is 1. The highest BCUT2D eigenvalue weighted by atomic mass is 127. The maximum Gasteiger partial charge on any atom is 0.191 e. The highest BCUT2D eigenvalue weighted by molar-refractivity contribution is 14.0. The third kappa shape index (κ3) is 7.38. The monoisotopic (exact) mass is 479 g/mol. The van der Waals surface area contributed by atoms with Crippen LogP contribution in [0.25, 0.3) is 0 Å². The molecule has 1 fully saturated rings. The Hall–Kier alpha value is -0.410. The highest BCUT2D eigenvalue weighted by Crippen LogP contribution is 2.19. The predicted molar refractivity (Wildman–Crippen MR) is 119 cm³/mol. The molecule has 0 amide bonds. The molecule has 0 bridgehead atoms. The third-order valence-electron chi connectivity index (χ3n) is 4.64. The first-order chi connectivity index (χ1) is 11.6. The Balaban J connectivity index is 0.00000312. The van der Waals surface area contributed by atoms with E-state index in [2.05, 4.69) is 48.2 Å². The van der Waals surface area contributed by atoms with Crippen molar-refractivity contribution in [1.82, 2.24) is 20.5 Å². The Kier molecular flexibility index (Phi) is 10.9. The van der Waals surface area contributed by atoms with E-state index in [1.54, 1.807) is 11.3 Å². The number of aryl methyl sites for hydroxylation is 2.